The van der Waals surface area contributed by atoms with E-state index in [-0.39, 0.29) is 0 Å². The summed E-state index contributed by atoms with van der Waals surface area (Å²) in [4.78, 5) is 2.52. The van der Waals surface area contributed by atoms with Crippen LogP contribution in [0.4, 0.5) is 0 Å². The summed E-state index contributed by atoms with van der Waals surface area (Å²) in [5.74, 6) is 0. The summed E-state index contributed by atoms with van der Waals surface area (Å²) in [7, 11) is 0. The first-order chi connectivity index (χ1) is 5.02. The van der Waals surface area contributed by atoms with Gasteiger partial charge in [0, 0.05) is 5.54 Å². The molecule has 0 spiro atoms. The molecule has 0 aromatic rings. The van der Waals surface area contributed by atoms with Gasteiger partial charge in [-0.1, -0.05) is 20.3 Å². The van der Waals surface area contributed by atoms with Gasteiger partial charge >= 0.3 is 0 Å². The van der Waals surface area contributed by atoms with Gasteiger partial charge in [-0.25, -0.2) is 0 Å². The highest BCUT2D eigenvalue weighted by Crippen LogP contribution is 2.12. The molecule has 0 atom stereocenters. The van der Waals surface area contributed by atoms with Gasteiger partial charge < -0.3 is 0 Å². The van der Waals surface area contributed by atoms with E-state index in [1.807, 2.05) is 0 Å². The van der Waals surface area contributed by atoms with Crippen molar-refractivity contribution >= 4 is 0 Å². The second kappa shape index (κ2) is 4.76. The summed E-state index contributed by atoms with van der Waals surface area (Å²) in [5.41, 5.74) is 0.351. The maximum Gasteiger partial charge on any atom is 0.0124 e. The minimum Gasteiger partial charge on any atom is -0.299 e. The first-order valence-corrected chi connectivity index (χ1v) is 4.77. The molecule has 0 amide bonds. The molecule has 0 aliphatic rings. The third-order valence-electron chi connectivity index (χ3n) is 2.11. The summed E-state index contributed by atoms with van der Waals surface area (Å²) >= 11 is 0. The van der Waals surface area contributed by atoms with Crippen LogP contribution in [0.3, 0.4) is 0 Å². The van der Waals surface area contributed by atoms with E-state index < -0.39 is 0 Å². The maximum absolute atomic E-state index is 2.52. The monoisotopic (exact) mass is 157 g/mol. The van der Waals surface area contributed by atoms with E-state index in [1.165, 1.54) is 25.9 Å². The van der Waals surface area contributed by atoms with Crippen LogP contribution >= 0.6 is 0 Å². The Morgan fingerprint density at radius 3 is 1.91 bits per heavy atom. The molecular formula is C10H23N. The van der Waals surface area contributed by atoms with Crippen molar-refractivity contribution in [3.8, 4) is 0 Å². The van der Waals surface area contributed by atoms with Gasteiger partial charge in [-0.05, 0) is 40.3 Å². The molecule has 1 nitrogen and oxygen atoms in total. The van der Waals surface area contributed by atoms with Crippen LogP contribution in [0.15, 0.2) is 0 Å². The molecule has 0 radical (unpaired) electrons. The predicted octanol–water partition coefficient (Wildman–Crippen LogP) is 2.91. The summed E-state index contributed by atoms with van der Waals surface area (Å²) in [6.07, 6.45) is 2.62. The van der Waals surface area contributed by atoms with Crippen LogP contribution in [0.2, 0.25) is 0 Å². The summed E-state index contributed by atoms with van der Waals surface area (Å²) in [6.45, 7) is 13.8. The Hall–Kier alpha value is -0.0400. The van der Waals surface area contributed by atoms with Crippen molar-refractivity contribution in [1.29, 1.82) is 0 Å². The zero-order chi connectivity index (χ0) is 8.91. The molecule has 0 fully saturated rings. The van der Waals surface area contributed by atoms with Crippen LogP contribution in [0, 0.1) is 0 Å². The van der Waals surface area contributed by atoms with Gasteiger partial charge in [0.2, 0.25) is 0 Å². The molecule has 0 unspecified atom stereocenters. The topological polar surface area (TPSA) is 3.24 Å². The standard InChI is InChI=1S/C10H23N/c1-6-8-9-11(7-2)10(3,4)5/h6-9H2,1-5H3. The average Bonchev–Trinajstić information content (AvgIpc) is 1.87. The van der Waals surface area contributed by atoms with Gasteiger partial charge in [0.05, 0.1) is 0 Å². The second-order valence-electron chi connectivity index (χ2n) is 4.10. The molecule has 0 saturated heterocycles. The number of hydrogen-bond donors (Lipinski definition) is 0. The summed E-state index contributed by atoms with van der Waals surface area (Å²) in [6, 6.07) is 0. The van der Waals surface area contributed by atoms with Gasteiger partial charge in [0.1, 0.15) is 0 Å². The Balaban J connectivity index is 3.76. The van der Waals surface area contributed by atoms with Gasteiger partial charge in [-0.15, -0.1) is 0 Å². The van der Waals surface area contributed by atoms with Crippen molar-refractivity contribution in [2.24, 2.45) is 0 Å². The van der Waals surface area contributed by atoms with Crippen molar-refractivity contribution in [2.75, 3.05) is 13.1 Å². The van der Waals surface area contributed by atoms with E-state index >= 15 is 0 Å². The molecule has 0 saturated carbocycles. The highest BCUT2D eigenvalue weighted by atomic mass is 15.2. The van der Waals surface area contributed by atoms with Gasteiger partial charge in [-0.3, -0.25) is 4.90 Å². The quantitative estimate of drug-likeness (QED) is 0.606. The van der Waals surface area contributed by atoms with E-state index in [1.54, 1.807) is 0 Å². The fraction of sp³-hybridized carbons (Fsp3) is 1.00. The van der Waals surface area contributed by atoms with Crippen molar-refractivity contribution in [2.45, 2.75) is 53.0 Å². The normalized spacial score (nSPS) is 12.5. The molecule has 0 aliphatic carbocycles. The third kappa shape index (κ3) is 4.41. The van der Waals surface area contributed by atoms with E-state index in [4.69, 9.17) is 0 Å². The summed E-state index contributed by atoms with van der Waals surface area (Å²) < 4.78 is 0. The number of nitrogens with zero attached hydrogens (tertiary/aromatic N) is 1. The Morgan fingerprint density at radius 2 is 1.64 bits per heavy atom. The number of hydrogen-bond acceptors (Lipinski definition) is 1. The van der Waals surface area contributed by atoms with Crippen LogP contribution in [0.1, 0.15) is 47.5 Å². The van der Waals surface area contributed by atoms with Crippen LogP contribution in [0.25, 0.3) is 0 Å². The molecule has 0 heterocycles. The first-order valence-electron chi connectivity index (χ1n) is 4.77. The third-order valence-corrected chi connectivity index (χ3v) is 2.11. The van der Waals surface area contributed by atoms with Crippen LogP contribution in [-0.4, -0.2) is 23.5 Å². The highest BCUT2D eigenvalue weighted by Gasteiger charge is 2.17. The number of unbranched alkanes of at least 4 members (excludes halogenated alkanes) is 1. The maximum atomic E-state index is 2.52. The fourth-order valence-electron chi connectivity index (χ4n) is 1.32. The first kappa shape index (κ1) is 11.0. The zero-order valence-corrected chi connectivity index (χ0v) is 8.78. The van der Waals surface area contributed by atoms with Crippen molar-refractivity contribution in [3.63, 3.8) is 0 Å². The molecule has 11 heavy (non-hydrogen) atoms. The SMILES string of the molecule is CCCCN(CC)C(C)(C)C. The Kier molecular flexibility index (Phi) is 4.74. The van der Waals surface area contributed by atoms with Gasteiger partial charge in [0.15, 0.2) is 0 Å². The predicted molar refractivity (Wildman–Crippen MR) is 51.9 cm³/mol. The molecule has 0 bridgehead atoms. The Bertz CT molecular complexity index is 91.5. The minimum atomic E-state index is 0.351. The van der Waals surface area contributed by atoms with Crippen LogP contribution in [-0.2, 0) is 0 Å². The Morgan fingerprint density at radius 1 is 1.09 bits per heavy atom. The average molecular weight is 157 g/mol. The minimum absolute atomic E-state index is 0.351. The van der Waals surface area contributed by atoms with Crippen molar-refractivity contribution in [1.82, 2.24) is 4.90 Å². The van der Waals surface area contributed by atoms with Crippen LogP contribution in [0.5, 0.6) is 0 Å². The van der Waals surface area contributed by atoms with E-state index in [2.05, 4.69) is 39.5 Å². The van der Waals surface area contributed by atoms with E-state index in [9.17, 15) is 0 Å². The lowest BCUT2D eigenvalue weighted by Crippen LogP contribution is -2.41. The highest BCUT2D eigenvalue weighted by molar-refractivity contribution is 4.74. The number of rotatable bonds is 4. The smallest absolute Gasteiger partial charge is 0.0124 e. The molecular weight excluding hydrogens is 134 g/mol. The van der Waals surface area contributed by atoms with Crippen molar-refractivity contribution in [3.05, 3.63) is 0 Å². The largest absolute Gasteiger partial charge is 0.299 e. The summed E-state index contributed by atoms with van der Waals surface area (Å²) in [5, 5.41) is 0. The molecule has 68 valence electrons. The zero-order valence-electron chi connectivity index (χ0n) is 8.78. The van der Waals surface area contributed by atoms with Gasteiger partial charge in [-0.2, -0.15) is 0 Å². The lowest BCUT2D eigenvalue weighted by molar-refractivity contribution is 0.143. The second-order valence-corrected chi connectivity index (χ2v) is 4.10. The van der Waals surface area contributed by atoms with E-state index in [0.29, 0.717) is 5.54 Å². The fourth-order valence-corrected chi connectivity index (χ4v) is 1.32. The molecule has 0 aliphatic heterocycles. The molecule has 1 heteroatoms. The molecule has 0 aromatic heterocycles. The van der Waals surface area contributed by atoms with Crippen molar-refractivity contribution < 1.29 is 0 Å². The molecule has 0 rings (SSSR count). The Labute approximate surface area is 71.8 Å². The van der Waals surface area contributed by atoms with E-state index in [0.717, 1.165) is 0 Å². The lowest BCUT2D eigenvalue weighted by Gasteiger charge is -2.34. The molecule has 0 aromatic carbocycles. The molecule has 0 N–H and O–H groups in total. The lowest BCUT2D eigenvalue weighted by atomic mass is 10.1. The van der Waals surface area contributed by atoms with Gasteiger partial charge in [0.25, 0.3) is 0 Å². The van der Waals surface area contributed by atoms with Crippen LogP contribution < -0.4 is 0 Å².